The second-order valence-electron chi connectivity index (χ2n) is 4.75. The lowest BCUT2D eigenvalue weighted by Gasteiger charge is -2.27. The minimum Gasteiger partial charge on any atom is -0.348 e. The molecule has 2 aromatic rings. The first-order valence-electron chi connectivity index (χ1n) is 6.22. The van der Waals surface area contributed by atoms with Crippen molar-refractivity contribution >= 4 is 0 Å². The fourth-order valence-electron chi connectivity index (χ4n) is 2.53. The Morgan fingerprint density at radius 2 is 2.00 bits per heavy atom. The van der Waals surface area contributed by atoms with Gasteiger partial charge in [0.2, 0.25) is 0 Å². The lowest BCUT2D eigenvalue weighted by molar-refractivity contribution is -0.137. The van der Waals surface area contributed by atoms with Crippen LogP contribution in [0.25, 0.3) is 0 Å². The van der Waals surface area contributed by atoms with Crippen molar-refractivity contribution in [2.24, 2.45) is 0 Å². The van der Waals surface area contributed by atoms with Crippen LogP contribution in [0.5, 0.6) is 0 Å². The molecular formula is C14H12F4N2. The molecule has 1 atom stereocenters. The molecule has 2 nitrogen and oxygen atoms in total. The number of aromatic nitrogens is 1. The molecule has 1 aliphatic heterocycles. The molecule has 1 N–H and O–H groups in total. The monoisotopic (exact) mass is 284 g/mol. The van der Waals surface area contributed by atoms with Gasteiger partial charge in [0.15, 0.2) is 0 Å². The molecule has 0 saturated heterocycles. The molecule has 0 radical (unpaired) electrons. The van der Waals surface area contributed by atoms with Crippen LogP contribution in [0.2, 0.25) is 0 Å². The quantitative estimate of drug-likeness (QED) is 0.795. The summed E-state index contributed by atoms with van der Waals surface area (Å²) >= 11 is 0. The number of nitrogens with zero attached hydrogens (tertiary/aromatic N) is 1. The highest BCUT2D eigenvalue weighted by Crippen LogP contribution is 2.33. The zero-order valence-electron chi connectivity index (χ0n) is 10.4. The number of nitrogens with one attached hydrogen (secondary N) is 1. The number of alkyl halides is 3. The number of rotatable bonds is 1. The smallest absolute Gasteiger partial charge is 0.348 e. The molecule has 0 bridgehead atoms. The number of benzene rings is 1. The molecule has 20 heavy (non-hydrogen) atoms. The Bertz CT molecular complexity index is 630. The third kappa shape index (κ3) is 2.20. The van der Waals surface area contributed by atoms with E-state index >= 15 is 0 Å². The molecule has 106 valence electrons. The summed E-state index contributed by atoms with van der Waals surface area (Å²) in [5.74, 6) is -0.841. The zero-order chi connectivity index (χ0) is 14.3. The van der Waals surface area contributed by atoms with Crippen LogP contribution < -0.4 is 5.32 Å². The van der Waals surface area contributed by atoms with Crippen LogP contribution in [-0.4, -0.2) is 11.1 Å². The minimum atomic E-state index is -4.53. The first-order chi connectivity index (χ1) is 9.47. The Hall–Kier alpha value is -1.82. The van der Waals surface area contributed by atoms with Crippen molar-refractivity contribution < 1.29 is 17.6 Å². The van der Waals surface area contributed by atoms with E-state index in [-0.39, 0.29) is 5.56 Å². The molecule has 1 aromatic carbocycles. The number of halogens is 4. The topological polar surface area (TPSA) is 17.0 Å². The maximum Gasteiger partial charge on any atom is 0.416 e. The van der Waals surface area contributed by atoms with Gasteiger partial charge in [-0.15, -0.1) is 0 Å². The summed E-state index contributed by atoms with van der Waals surface area (Å²) in [5.41, 5.74) is 0.123. The highest BCUT2D eigenvalue weighted by atomic mass is 19.4. The standard InChI is InChI=1S/C14H12F4N2/c15-11-8-9(14(16,17)18)3-4-10(11)13-12-2-1-6-20(12)7-5-19-13/h1-4,6,8,13,19H,5,7H2. The highest BCUT2D eigenvalue weighted by molar-refractivity contribution is 5.34. The van der Waals surface area contributed by atoms with Gasteiger partial charge in [-0.25, -0.2) is 4.39 Å². The molecule has 1 aromatic heterocycles. The van der Waals surface area contributed by atoms with E-state index < -0.39 is 23.6 Å². The molecule has 1 aliphatic rings. The normalized spacial score (nSPS) is 18.9. The van der Waals surface area contributed by atoms with Gasteiger partial charge in [0.25, 0.3) is 0 Å². The molecule has 0 saturated carbocycles. The molecule has 0 fully saturated rings. The lowest BCUT2D eigenvalue weighted by atomic mass is 10.00. The van der Waals surface area contributed by atoms with E-state index in [0.29, 0.717) is 12.6 Å². The van der Waals surface area contributed by atoms with E-state index in [1.54, 1.807) is 0 Å². The number of hydrogen-bond acceptors (Lipinski definition) is 1. The van der Waals surface area contributed by atoms with Crippen LogP contribution in [-0.2, 0) is 12.7 Å². The summed E-state index contributed by atoms with van der Waals surface area (Å²) in [5, 5.41) is 3.13. The van der Waals surface area contributed by atoms with Crippen molar-refractivity contribution in [3.05, 3.63) is 59.2 Å². The first-order valence-corrected chi connectivity index (χ1v) is 6.22. The average Bonchev–Trinajstić information content (AvgIpc) is 2.85. The van der Waals surface area contributed by atoms with Crippen LogP contribution in [0.4, 0.5) is 17.6 Å². The summed E-state index contributed by atoms with van der Waals surface area (Å²) in [7, 11) is 0. The third-order valence-electron chi connectivity index (χ3n) is 3.50. The van der Waals surface area contributed by atoms with Crippen LogP contribution in [0.1, 0.15) is 22.9 Å². The molecule has 6 heteroatoms. The van der Waals surface area contributed by atoms with Crippen molar-refractivity contribution in [3.63, 3.8) is 0 Å². The van der Waals surface area contributed by atoms with Crippen LogP contribution in [0.3, 0.4) is 0 Å². The van der Waals surface area contributed by atoms with Gasteiger partial charge < -0.3 is 9.88 Å². The molecule has 0 aliphatic carbocycles. The molecule has 0 amide bonds. The van der Waals surface area contributed by atoms with Gasteiger partial charge >= 0.3 is 6.18 Å². The fourth-order valence-corrected chi connectivity index (χ4v) is 2.53. The van der Waals surface area contributed by atoms with Gasteiger partial charge in [0, 0.05) is 30.5 Å². The Morgan fingerprint density at radius 1 is 1.20 bits per heavy atom. The minimum absolute atomic E-state index is 0.234. The predicted molar refractivity (Wildman–Crippen MR) is 65.7 cm³/mol. The van der Waals surface area contributed by atoms with Crippen molar-refractivity contribution in [2.45, 2.75) is 18.8 Å². The number of fused-ring (bicyclic) bond motifs is 1. The van der Waals surface area contributed by atoms with E-state index in [4.69, 9.17) is 0 Å². The molecular weight excluding hydrogens is 272 g/mol. The van der Waals surface area contributed by atoms with Gasteiger partial charge in [0.05, 0.1) is 11.6 Å². The lowest BCUT2D eigenvalue weighted by Crippen LogP contribution is -2.34. The summed E-state index contributed by atoms with van der Waals surface area (Å²) in [4.78, 5) is 0. The van der Waals surface area contributed by atoms with E-state index in [9.17, 15) is 17.6 Å². The first kappa shape index (κ1) is 13.2. The Kier molecular flexibility index (Phi) is 3.05. The van der Waals surface area contributed by atoms with Crippen molar-refractivity contribution in [2.75, 3.05) is 6.54 Å². The Morgan fingerprint density at radius 3 is 2.70 bits per heavy atom. The van der Waals surface area contributed by atoms with Gasteiger partial charge in [-0.2, -0.15) is 13.2 Å². The molecule has 1 unspecified atom stereocenters. The van der Waals surface area contributed by atoms with E-state index in [1.807, 2.05) is 22.9 Å². The van der Waals surface area contributed by atoms with Gasteiger partial charge in [-0.3, -0.25) is 0 Å². The summed E-state index contributed by atoms with van der Waals surface area (Å²) in [6, 6.07) is 5.95. The third-order valence-corrected chi connectivity index (χ3v) is 3.50. The molecule has 0 spiro atoms. The second-order valence-corrected chi connectivity index (χ2v) is 4.75. The summed E-state index contributed by atoms with van der Waals surface area (Å²) in [6.45, 7) is 1.41. The maximum atomic E-state index is 14.0. The van der Waals surface area contributed by atoms with Crippen LogP contribution in [0, 0.1) is 5.82 Å². The van der Waals surface area contributed by atoms with Crippen molar-refractivity contribution in [3.8, 4) is 0 Å². The van der Waals surface area contributed by atoms with E-state index in [0.717, 1.165) is 18.3 Å². The predicted octanol–water partition coefficient (Wildman–Crippen LogP) is 3.34. The summed E-state index contributed by atoms with van der Waals surface area (Å²) in [6.07, 6.45) is -2.65. The fraction of sp³-hybridized carbons (Fsp3) is 0.286. The zero-order valence-corrected chi connectivity index (χ0v) is 10.4. The second kappa shape index (κ2) is 4.63. The Balaban J connectivity index is 2.01. The van der Waals surface area contributed by atoms with Crippen molar-refractivity contribution in [1.82, 2.24) is 9.88 Å². The maximum absolute atomic E-state index is 14.0. The van der Waals surface area contributed by atoms with Gasteiger partial charge in [-0.05, 0) is 24.3 Å². The van der Waals surface area contributed by atoms with E-state index in [1.165, 1.54) is 6.07 Å². The van der Waals surface area contributed by atoms with Crippen LogP contribution in [0.15, 0.2) is 36.5 Å². The van der Waals surface area contributed by atoms with Gasteiger partial charge in [-0.1, -0.05) is 6.07 Å². The number of hydrogen-bond donors (Lipinski definition) is 1. The van der Waals surface area contributed by atoms with Gasteiger partial charge in [0.1, 0.15) is 5.82 Å². The summed E-state index contributed by atoms with van der Waals surface area (Å²) < 4.78 is 53.6. The Labute approximate surface area is 113 Å². The van der Waals surface area contributed by atoms with Crippen LogP contribution >= 0.6 is 0 Å². The van der Waals surface area contributed by atoms with Crippen molar-refractivity contribution in [1.29, 1.82) is 0 Å². The SMILES string of the molecule is Fc1cc(C(F)(F)F)ccc1C1NCCn2cccc21. The highest BCUT2D eigenvalue weighted by Gasteiger charge is 2.32. The van der Waals surface area contributed by atoms with E-state index in [2.05, 4.69) is 5.32 Å². The largest absolute Gasteiger partial charge is 0.416 e. The molecule has 3 rings (SSSR count). The average molecular weight is 284 g/mol. The molecule has 2 heterocycles.